The quantitative estimate of drug-likeness (QED) is 0.835. The van der Waals surface area contributed by atoms with Crippen LogP contribution in [0, 0.1) is 12.7 Å². The van der Waals surface area contributed by atoms with Crippen LogP contribution in [0.3, 0.4) is 0 Å². The predicted molar refractivity (Wildman–Crippen MR) is 88.4 cm³/mol. The molecule has 0 radical (unpaired) electrons. The number of carbonyl (C=O) groups excluding carboxylic acids is 1. The number of halogens is 1. The van der Waals surface area contributed by atoms with Gasteiger partial charge in [0.15, 0.2) is 0 Å². The third-order valence-electron chi connectivity index (χ3n) is 4.61. The average Bonchev–Trinajstić information content (AvgIpc) is 2.92. The highest BCUT2D eigenvalue weighted by molar-refractivity contribution is 5.92. The van der Waals surface area contributed by atoms with Gasteiger partial charge < -0.3 is 15.2 Å². The molecule has 2 aliphatic heterocycles. The molecule has 3 rings (SSSR count). The number of nitrogens with one attached hydrogen (secondary N) is 1. The third-order valence-corrected chi connectivity index (χ3v) is 4.61. The van der Waals surface area contributed by atoms with E-state index in [1.807, 2.05) is 11.8 Å². The normalized spacial score (nSPS) is 25.8. The summed E-state index contributed by atoms with van der Waals surface area (Å²) in [5.74, 6) is -0.712. The number of aliphatic hydroxyl groups excluding tert-OH is 1. The molecule has 132 valence electrons. The lowest BCUT2D eigenvalue weighted by molar-refractivity contribution is -0.117. The summed E-state index contributed by atoms with van der Waals surface area (Å²) in [5, 5.41) is 12.9. The van der Waals surface area contributed by atoms with Gasteiger partial charge in [-0.05, 0) is 24.6 Å². The number of benzene rings is 1. The van der Waals surface area contributed by atoms with E-state index in [4.69, 9.17) is 4.74 Å². The average molecular weight is 337 g/mol. The van der Waals surface area contributed by atoms with Crippen LogP contribution in [0.25, 0.3) is 0 Å². The molecule has 6 nitrogen and oxygen atoms in total. The van der Waals surface area contributed by atoms with E-state index in [1.54, 1.807) is 12.1 Å². The van der Waals surface area contributed by atoms with Crippen LogP contribution in [0.4, 0.5) is 10.1 Å². The lowest BCUT2D eigenvalue weighted by atomic mass is 10.2. The molecule has 0 unspecified atom stereocenters. The van der Waals surface area contributed by atoms with Crippen molar-refractivity contribution < 1.29 is 19.0 Å². The molecular formula is C17H24FN3O3. The minimum atomic E-state index is -0.480. The minimum absolute atomic E-state index is 0.0254. The molecule has 2 saturated heterocycles. The Kier molecular flexibility index (Phi) is 5.45. The lowest BCUT2D eigenvalue weighted by Gasteiger charge is -2.33. The van der Waals surface area contributed by atoms with E-state index in [0.29, 0.717) is 26.3 Å². The maximum absolute atomic E-state index is 13.7. The summed E-state index contributed by atoms with van der Waals surface area (Å²) in [7, 11) is 0. The number of aryl methyl sites for hydroxylation is 1. The monoisotopic (exact) mass is 337 g/mol. The first-order valence-electron chi connectivity index (χ1n) is 8.31. The number of hydrogen-bond acceptors (Lipinski definition) is 5. The largest absolute Gasteiger partial charge is 0.390 e. The van der Waals surface area contributed by atoms with Crippen molar-refractivity contribution in [2.45, 2.75) is 19.1 Å². The van der Waals surface area contributed by atoms with Crippen molar-refractivity contribution >= 4 is 11.6 Å². The van der Waals surface area contributed by atoms with E-state index in [2.05, 4.69) is 10.2 Å². The van der Waals surface area contributed by atoms with Crippen LogP contribution in [-0.4, -0.2) is 78.9 Å². The van der Waals surface area contributed by atoms with Crippen molar-refractivity contribution in [1.82, 2.24) is 9.80 Å². The molecule has 0 aromatic heterocycles. The summed E-state index contributed by atoms with van der Waals surface area (Å²) in [6.45, 7) is 6.03. The van der Waals surface area contributed by atoms with Crippen LogP contribution >= 0.6 is 0 Å². The number of hydrogen-bond donors (Lipinski definition) is 2. The smallest absolute Gasteiger partial charge is 0.238 e. The van der Waals surface area contributed by atoms with Gasteiger partial charge in [-0.3, -0.25) is 14.6 Å². The van der Waals surface area contributed by atoms with E-state index in [0.717, 1.165) is 18.7 Å². The second-order valence-corrected chi connectivity index (χ2v) is 6.51. The zero-order chi connectivity index (χ0) is 17.1. The molecular weight excluding hydrogens is 313 g/mol. The molecule has 0 saturated carbocycles. The predicted octanol–water partition coefficient (Wildman–Crippen LogP) is 0.450. The number of amides is 1. The molecule has 0 spiro atoms. The van der Waals surface area contributed by atoms with Crippen LogP contribution in [0.5, 0.6) is 0 Å². The summed E-state index contributed by atoms with van der Waals surface area (Å²) >= 11 is 0. The summed E-state index contributed by atoms with van der Waals surface area (Å²) in [6, 6.07) is 4.65. The van der Waals surface area contributed by atoms with Gasteiger partial charge in [0.1, 0.15) is 5.82 Å². The van der Waals surface area contributed by atoms with Crippen LogP contribution < -0.4 is 5.32 Å². The molecule has 24 heavy (non-hydrogen) atoms. The standard InChI is InChI=1S/C17H24FN3O3/c1-12-2-3-13(18)14(8-12)19-17(23)11-20-9-15(16(22)10-20)21-4-6-24-7-5-21/h2-3,8,15-16,22H,4-7,9-11H2,1H3,(H,19,23)/t15-,16-/m0/s1. The zero-order valence-corrected chi connectivity index (χ0v) is 13.9. The first kappa shape index (κ1) is 17.3. The Hall–Kier alpha value is -1.54. The van der Waals surface area contributed by atoms with Crippen molar-refractivity contribution in [1.29, 1.82) is 0 Å². The van der Waals surface area contributed by atoms with E-state index in [-0.39, 0.29) is 24.2 Å². The van der Waals surface area contributed by atoms with Gasteiger partial charge >= 0.3 is 0 Å². The molecule has 7 heteroatoms. The van der Waals surface area contributed by atoms with Crippen LogP contribution in [0.1, 0.15) is 5.56 Å². The summed E-state index contributed by atoms with van der Waals surface area (Å²) < 4.78 is 19.1. The number of aliphatic hydroxyl groups is 1. The van der Waals surface area contributed by atoms with E-state index < -0.39 is 11.9 Å². The molecule has 2 N–H and O–H groups in total. The first-order chi connectivity index (χ1) is 11.5. The first-order valence-corrected chi connectivity index (χ1v) is 8.31. The summed E-state index contributed by atoms with van der Waals surface area (Å²) in [5.41, 5.74) is 1.08. The van der Waals surface area contributed by atoms with Crippen molar-refractivity contribution in [2.75, 3.05) is 51.3 Å². The summed E-state index contributed by atoms with van der Waals surface area (Å²) in [4.78, 5) is 16.3. The third kappa shape index (κ3) is 4.10. The number of rotatable bonds is 4. The Morgan fingerprint density at radius 3 is 2.88 bits per heavy atom. The van der Waals surface area contributed by atoms with Gasteiger partial charge in [-0.15, -0.1) is 0 Å². The fourth-order valence-electron chi connectivity index (χ4n) is 3.37. The number of carbonyl (C=O) groups is 1. The topological polar surface area (TPSA) is 65.0 Å². The molecule has 0 aliphatic carbocycles. The van der Waals surface area contributed by atoms with Gasteiger partial charge in [0.25, 0.3) is 0 Å². The minimum Gasteiger partial charge on any atom is -0.390 e. The van der Waals surface area contributed by atoms with Gasteiger partial charge in [-0.2, -0.15) is 0 Å². The molecule has 2 aliphatic rings. The number of likely N-dealkylation sites (tertiary alicyclic amines) is 1. The Bertz CT molecular complexity index is 592. The van der Waals surface area contributed by atoms with E-state index >= 15 is 0 Å². The molecule has 2 fully saturated rings. The molecule has 2 atom stereocenters. The molecule has 2 heterocycles. The van der Waals surface area contributed by atoms with Gasteiger partial charge in [-0.1, -0.05) is 6.07 Å². The van der Waals surface area contributed by atoms with Crippen LogP contribution in [-0.2, 0) is 9.53 Å². The Labute approximate surface area is 141 Å². The van der Waals surface area contributed by atoms with Crippen molar-refractivity contribution in [3.05, 3.63) is 29.6 Å². The Morgan fingerprint density at radius 1 is 1.38 bits per heavy atom. The highest BCUT2D eigenvalue weighted by Crippen LogP contribution is 2.19. The number of anilines is 1. The number of β-amino-alcohol motifs (C(OH)–C–C–N with tert-alkyl or cyclic N) is 1. The van der Waals surface area contributed by atoms with Gasteiger partial charge in [0, 0.05) is 32.2 Å². The van der Waals surface area contributed by atoms with E-state index in [1.165, 1.54) is 6.07 Å². The van der Waals surface area contributed by atoms with Crippen molar-refractivity contribution in [3.8, 4) is 0 Å². The SMILES string of the molecule is Cc1ccc(F)c(NC(=O)CN2C[C@H](O)[C@@H](N3CCOCC3)C2)c1. The maximum Gasteiger partial charge on any atom is 0.238 e. The van der Waals surface area contributed by atoms with Crippen LogP contribution in [0.2, 0.25) is 0 Å². The van der Waals surface area contributed by atoms with Gasteiger partial charge in [-0.25, -0.2) is 4.39 Å². The number of morpholine rings is 1. The fourth-order valence-corrected chi connectivity index (χ4v) is 3.37. The van der Waals surface area contributed by atoms with Gasteiger partial charge in [0.05, 0.1) is 31.5 Å². The number of nitrogens with zero attached hydrogens (tertiary/aromatic N) is 2. The molecule has 1 aromatic carbocycles. The molecule has 1 aromatic rings. The summed E-state index contributed by atoms with van der Waals surface area (Å²) in [6.07, 6.45) is -0.480. The van der Waals surface area contributed by atoms with E-state index in [9.17, 15) is 14.3 Å². The second kappa shape index (κ2) is 7.57. The highest BCUT2D eigenvalue weighted by atomic mass is 19.1. The molecule has 1 amide bonds. The van der Waals surface area contributed by atoms with Crippen molar-refractivity contribution in [2.24, 2.45) is 0 Å². The highest BCUT2D eigenvalue weighted by Gasteiger charge is 2.36. The Balaban J connectivity index is 1.54. The zero-order valence-electron chi connectivity index (χ0n) is 13.9. The fraction of sp³-hybridized carbons (Fsp3) is 0.588. The second-order valence-electron chi connectivity index (χ2n) is 6.51. The van der Waals surface area contributed by atoms with Crippen molar-refractivity contribution in [3.63, 3.8) is 0 Å². The Morgan fingerprint density at radius 2 is 2.12 bits per heavy atom. The molecule has 0 bridgehead atoms. The lowest BCUT2D eigenvalue weighted by Crippen LogP contribution is -2.49. The maximum atomic E-state index is 13.7. The van der Waals surface area contributed by atoms with Crippen LogP contribution in [0.15, 0.2) is 18.2 Å². The van der Waals surface area contributed by atoms with Gasteiger partial charge in [0.2, 0.25) is 5.91 Å². The number of ether oxygens (including phenoxy) is 1.